The molecule has 1 aliphatic heterocycles. The van der Waals surface area contributed by atoms with Gasteiger partial charge in [-0.05, 0) is 33.3 Å². The number of rotatable bonds is 6. The molecule has 0 spiro atoms. The van der Waals surface area contributed by atoms with E-state index in [0.717, 1.165) is 16.7 Å². The van der Waals surface area contributed by atoms with Crippen LogP contribution in [0.15, 0.2) is 54.6 Å². The van der Waals surface area contributed by atoms with Crippen LogP contribution in [0.3, 0.4) is 0 Å². The summed E-state index contributed by atoms with van der Waals surface area (Å²) >= 11 is 0. The van der Waals surface area contributed by atoms with Crippen molar-refractivity contribution in [1.29, 1.82) is 0 Å². The summed E-state index contributed by atoms with van der Waals surface area (Å²) in [6.45, 7) is 11.7. The second kappa shape index (κ2) is 9.04. The third-order valence-electron chi connectivity index (χ3n) is 5.65. The summed E-state index contributed by atoms with van der Waals surface area (Å²) in [5, 5.41) is 2.75. The van der Waals surface area contributed by atoms with Gasteiger partial charge in [0.25, 0.3) is 0 Å². The van der Waals surface area contributed by atoms with Crippen LogP contribution in [0.25, 0.3) is 0 Å². The van der Waals surface area contributed by atoms with Gasteiger partial charge < -0.3 is 19.5 Å². The first kappa shape index (κ1) is 24.0. The van der Waals surface area contributed by atoms with Crippen molar-refractivity contribution in [3.8, 4) is 0 Å². The maximum atomic E-state index is 12.5. The number of carbonyl (C=O) groups excluding carboxylic acids is 2. The molecule has 1 amide bonds. The van der Waals surface area contributed by atoms with Crippen molar-refractivity contribution in [2.75, 3.05) is 13.2 Å². The fraction of sp³-hybridized carbons (Fsp3) is 0.462. The minimum atomic E-state index is -0.946. The predicted octanol–water partition coefficient (Wildman–Crippen LogP) is 4.69. The van der Waals surface area contributed by atoms with Gasteiger partial charge in [0, 0.05) is 16.5 Å². The van der Waals surface area contributed by atoms with Gasteiger partial charge in [-0.15, -0.1) is 0 Å². The monoisotopic (exact) mass is 439 g/mol. The lowest BCUT2D eigenvalue weighted by Crippen LogP contribution is -2.52. The molecule has 0 bridgehead atoms. The molecule has 0 radical (unpaired) electrons. The van der Waals surface area contributed by atoms with Crippen LogP contribution in [-0.2, 0) is 30.2 Å². The molecular formula is C26H33NO5. The van der Waals surface area contributed by atoms with E-state index in [-0.39, 0.29) is 5.78 Å². The maximum absolute atomic E-state index is 12.5. The number of hydrogen-bond donors (Lipinski definition) is 1. The zero-order valence-corrected chi connectivity index (χ0v) is 19.7. The van der Waals surface area contributed by atoms with E-state index in [1.165, 1.54) is 6.92 Å². The summed E-state index contributed by atoms with van der Waals surface area (Å²) in [5.74, 6) is -1.09. The summed E-state index contributed by atoms with van der Waals surface area (Å²) in [7, 11) is 0. The third kappa shape index (κ3) is 5.03. The smallest absolute Gasteiger partial charge is 0.408 e. The van der Waals surface area contributed by atoms with E-state index in [1.807, 2.05) is 68.4 Å². The Hall–Kier alpha value is -2.70. The lowest BCUT2D eigenvalue weighted by molar-refractivity contribution is -0.130. The van der Waals surface area contributed by atoms with Crippen LogP contribution in [0, 0.1) is 0 Å². The lowest BCUT2D eigenvalue weighted by atomic mass is 9.75. The molecule has 172 valence electrons. The van der Waals surface area contributed by atoms with E-state index in [4.69, 9.17) is 14.2 Å². The zero-order valence-electron chi connectivity index (χ0n) is 19.7. The molecule has 6 nitrogen and oxygen atoms in total. The average Bonchev–Trinajstić information content (AvgIpc) is 3.22. The minimum Gasteiger partial charge on any atom is -0.444 e. The molecule has 3 rings (SSSR count). The first-order chi connectivity index (χ1) is 15.0. The van der Waals surface area contributed by atoms with Gasteiger partial charge in [-0.25, -0.2) is 4.79 Å². The molecule has 1 atom stereocenters. The van der Waals surface area contributed by atoms with E-state index >= 15 is 0 Å². The quantitative estimate of drug-likeness (QED) is 0.707. The number of carbonyl (C=O) groups is 2. The van der Waals surface area contributed by atoms with Crippen molar-refractivity contribution in [2.24, 2.45) is 0 Å². The average molecular weight is 440 g/mol. The molecule has 1 saturated heterocycles. The Morgan fingerprint density at radius 1 is 0.906 bits per heavy atom. The number of ether oxygens (including phenoxy) is 3. The van der Waals surface area contributed by atoms with Crippen LogP contribution < -0.4 is 5.32 Å². The van der Waals surface area contributed by atoms with E-state index < -0.39 is 28.9 Å². The zero-order chi connectivity index (χ0) is 23.6. The fourth-order valence-corrected chi connectivity index (χ4v) is 4.07. The van der Waals surface area contributed by atoms with Gasteiger partial charge >= 0.3 is 6.09 Å². The second-order valence-electron chi connectivity index (χ2n) is 9.67. The number of amides is 1. The molecule has 1 aliphatic rings. The van der Waals surface area contributed by atoms with Crippen molar-refractivity contribution < 1.29 is 23.8 Å². The maximum Gasteiger partial charge on any atom is 0.408 e. The normalized spacial score (nSPS) is 16.9. The second-order valence-corrected chi connectivity index (χ2v) is 9.67. The van der Waals surface area contributed by atoms with E-state index in [1.54, 1.807) is 20.8 Å². The van der Waals surface area contributed by atoms with Crippen LogP contribution >= 0.6 is 0 Å². The molecule has 6 heteroatoms. The van der Waals surface area contributed by atoms with Crippen LogP contribution in [0.5, 0.6) is 0 Å². The highest BCUT2D eigenvalue weighted by molar-refractivity contribution is 5.87. The number of hydrogen-bond acceptors (Lipinski definition) is 5. The van der Waals surface area contributed by atoms with Crippen molar-refractivity contribution in [3.05, 3.63) is 71.3 Å². The van der Waals surface area contributed by atoms with E-state index in [9.17, 15) is 9.59 Å². The summed E-state index contributed by atoms with van der Waals surface area (Å²) in [6.07, 6.45) is -0.613. The van der Waals surface area contributed by atoms with Crippen LogP contribution in [0.4, 0.5) is 4.79 Å². The van der Waals surface area contributed by atoms with Gasteiger partial charge in [-0.2, -0.15) is 0 Å². The molecule has 1 fully saturated rings. The predicted molar refractivity (Wildman–Crippen MR) is 122 cm³/mol. The Balaban J connectivity index is 1.89. The van der Waals surface area contributed by atoms with Gasteiger partial charge in [-0.3, -0.25) is 4.79 Å². The van der Waals surface area contributed by atoms with Gasteiger partial charge in [-0.1, -0.05) is 68.4 Å². The van der Waals surface area contributed by atoms with Crippen molar-refractivity contribution in [2.45, 2.75) is 64.4 Å². The molecule has 0 aromatic heterocycles. The minimum absolute atomic E-state index is 0.145. The Morgan fingerprint density at radius 3 is 1.94 bits per heavy atom. The van der Waals surface area contributed by atoms with Crippen molar-refractivity contribution in [3.63, 3.8) is 0 Å². The standard InChI is InChI=1S/C26H33NO5/c1-18(28)22(27-23(29)32-24(2,3)4)25(5,6)19-12-14-21(15-13-19)26(30-16-17-31-26)20-10-8-7-9-11-20/h7-15,22H,16-17H2,1-6H3,(H,27,29)/t22-/m1/s1. The molecular weight excluding hydrogens is 406 g/mol. The molecule has 0 aliphatic carbocycles. The fourth-order valence-electron chi connectivity index (χ4n) is 4.07. The molecule has 0 saturated carbocycles. The number of benzene rings is 2. The Morgan fingerprint density at radius 2 is 1.44 bits per heavy atom. The molecule has 2 aromatic rings. The SMILES string of the molecule is CC(=O)[C@@H](NC(=O)OC(C)(C)C)C(C)(C)c1ccc(C2(c3ccccc3)OCCO2)cc1. The number of alkyl carbamates (subject to hydrolysis) is 1. The first-order valence-corrected chi connectivity index (χ1v) is 10.9. The molecule has 32 heavy (non-hydrogen) atoms. The highest BCUT2D eigenvalue weighted by atomic mass is 16.7. The van der Waals surface area contributed by atoms with Crippen molar-refractivity contribution in [1.82, 2.24) is 5.32 Å². The summed E-state index contributed by atoms with van der Waals surface area (Å²) in [4.78, 5) is 24.8. The van der Waals surface area contributed by atoms with Crippen LogP contribution in [0.1, 0.15) is 58.2 Å². The Kier molecular flexibility index (Phi) is 6.77. The van der Waals surface area contributed by atoms with Gasteiger partial charge in [0.15, 0.2) is 5.78 Å². The molecule has 2 aromatic carbocycles. The molecule has 1 heterocycles. The summed E-state index contributed by atoms with van der Waals surface area (Å²) < 4.78 is 17.5. The first-order valence-electron chi connectivity index (χ1n) is 10.9. The Bertz CT molecular complexity index is 938. The number of Topliss-reactive ketones (excluding diaryl/α,β-unsaturated/α-hetero) is 1. The summed E-state index contributed by atoms with van der Waals surface area (Å²) in [6, 6.07) is 16.9. The van der Waals surface area contributed by atoms with Gasteiger partial charge in [0.05, 0.1) is 19.3 Å². The number of nitrogens with one attached hydrogen (secondary N) is 1. The van der Waals surface area contributed by atoms with Crippen molar-refractivity contribution >= 4 is 11.9 Å². The van der Waals surface area contributed by atoms with E-state index in [0.29, 0.717) is 13.2 Å². The topological polar surface area (TPSA) is 73.9 Å². The number of ketones is 1. The van der Waals surface area contributed by atoms with Gasteiger partial charge in [0.1, 0.15) is 5.60 Å². The third-order valence-corrected chi connectivity index (χ3v) is 5.65. The highest BCUT2D eigenvalue weighted by Gasteiger charge is 2.41. The van der Waals surface area contributed by atoms with Crippen LogP contribution in [-0.4, -0.2) is 36.7 Å². The summed E-state index contributed by atoms with van der Waals surface area (Å²) in [5.41, 5.74) is 1.39. The largest absolute Gasteiger partial charge is 0.444 e. The van der Waals surface area contributed by atoms with Gasteiger partial charge in [0.2, 0.25) is 5.79 Å². The molecule has 0 unspecified atom stereocenters. The highest BCUT2D eigenvalue weighted by Crippen LogP contribution is 2.39. The molecule has 1 N–H and O–H groups in total. The van der Waals surface area contributed by atoms with E-state index in [2.05, 4.69) is 5.32 Å². The lowest BCUT2D eigenvalue weighted by Gasteiger charge is -2.35. The van der Waals surface area contributed by atoms with Crippen LogP contribution in [0.2, 0.25) is 0 Å². The Labute approximate surface area is 190 Å².